The summed E-state index contributed by atoms with van der Waals surface area (Å²) in [5.41, 5.74) is 1.31. The number of carboxylic acid groups (broad SMARTS) is 2. The molecule has 0 radical (unpaired) electrons. The number of ketones is 1. The standard InChI is InChI=1S/C11H8BrFN2O5/c12-6-2-1-5(3-7(6)13)14-15-10(11(19)20)8(16)4-9(17)18/h1-3,14H,4H2,(H,17,18)(H,19,20)/b15-10+. The summed E-state index contributed by atoms with van der Waals surface area (Å²) in [5, 5.41) is 20.5. The molecule has 0 saturated heterocycles. The number of carbonyl (C=O) groups is 3. The van der Waals surface area contributed by atoms with Crippen molar-refractivity contribution in [3.05, 3.63) is 28.5 Å². The normalized spacial score (nSPS) is 11.0. The van der Waals surface area contributed by atoms with Crippen molar-refractivity contribution in [1.82, 2.24) is 0 Å². The minimum Gasteiger partial charge on any atom is -0.481 e. The van der Waals surface area contributed by atoms with Crippen molar-refractivity contribution in [3.8, 4) is 0 Å². The van der Waals surface area contributed by atoms with Crippen LogP contribution in [-0.4, -0.2) is 33.6 Å². The van der Waals surface area contributed by atoms with E-state index < -0.39 is 35.7 Å². The summed E-state index contributed by atoms with van der Waals surface area (Å²) in [6.45, 7) is 0. The van der Waals surface area contributed by atoms with Crippen LogP contribution in [0.15, 0.2) is 27.8 Å². The maximum absolute atomic E-state index is 13.2. The molecule has 1 aromatic rings. The predicted octanol–water partition coefficient (Wildman–Crippen LogP) is 1.48. The van der Waals surface area contributed by atoms with E-state index >= 15 is 0 Å². The molecule has 9 heteroatoms. The minimum atomic E-state index is -1.68. The quantitative estimate of drug-likeness (QED) is 0.408. The van der Waals surface area contributed by atoms with Gasteiger partial charge in [0, 0.05) is 6.07 Å². The molecule has 7 nitrogen and oxygen atoms in total. The number of hydrazone groups is 1. The molecule has 0 fully saturated rings. The van der Waals surface area contributed by atoms with Crippen LogP contribution in [0.25, 0.3) is 0 Å². The van der Waals surface area contributed by atoms with Gasteiger partial charge in [-0.3, -0.25) is 15.0 Å². The van der Waals surface area contributed by atoms with Gasteiger partial charge in [0.05, 0.1) is 10.2 Å². The summed E-state index contributed by atoms with van der Waals surface area (Å²) in [6, 6.07) is 3.76. The van der Waals surface area contributed by atoms with Gasteiger partial charge in [-0.05, 0) is 28.1 Å². The number of nitrogens with one attached hydrogen (secondary N) is 1. The first-order valence-electron chi connectivity index (χ1n) is 5.08. The van der Waals surface area contributed by atoms with Crippen LogP contribution >= 0.6 is 15.9 Å². The molecule has 1 aromatic carbocycles. The van der Waals surface area contributed by atoms with Crippen molar-refractivity contribution >= 4 is 45.1 Å². The zero-order valence-corrected chi connectivity index (χ0v) is 11.3. The number of hydrogen-bond acceptors (Lipinski definition) is 5. The van der Waals surface area contributed by atoms with E-state index in [0.29, 0.717) is 0 Å². The van der Waals surface area contributed by atoms with Crippen molar-refractivity contribution < 1.29 is 29.0 Å². The molecule has 0 spiro atoms. The second kappa shape index (κ2) is 6.75. The average molecular weight is 347 g/mol. The minimum absolute atomic E-state index is 0.104. The number of hydrogen-bond donors (Lipinski definition) is 3. The lowest BCUT2D eigenvalue weighted by Crippen LogP contribution is -2.27. The predicted molar refractivity (Wildman–Crippen MR) is 70.1 cm³/mol. The molecule has 20 heavy (non-hydrogen) atoms. The molecular weight excluding hydrogens is 339 g/mol. The van der Waals surface area contributed by atoms with E-state index in [4.69, 9.17) is 10.2 Å². The molecule has 0 atom stereocenters. The van der Waals surface area contributed by atoms with Crippen LogP contribution in [0.2, 0.25) is 0 Å². The summed E-state index contributed by atoms with van der Waals surface area (Å²) in [4.78, 5) is 32.5. The topological polar surface area (TPSA) is 116 Å². The fraction of sp³-hybridized carbons (Fsp3) is 0.0909. The first kappa shape index (κ1) is 15.8. The van der Waals surface area contributed by atoms with Crippen LogP contribution in [0.5, 0.6) is 0 Å². The Morgan fingerprint density at radius 1 is 1.30 bits per heavy atom. The molecule has 0 heterocycles. The van der Waals surface area contributed by atoms with Crippen LogP contribution in [-0.2, 0) is 14.4 Å². The van der Waals surface area contributed by atoms with Gasteiger partial charge in [-0.1, -0.05) is 0 Å². The molecule has 0 bridgehead atoms. The highest BCUT2D eigenvalue weighted by Crippen LogP contribution is 2.19. The maximum Gasteiger partial charge on any atom is 0.360 e. The molecule has 0 saturated carbocycles. The van der Waals surface area contributed by atoms with Gasteiger partial charge in [0.15, 0.2) is 0 Å². The summed E-state index contributed by atoms with van der Waals surface area (Å²) in [6.07, 6.45) is -0.998. The Labute approximate surface area is 120 Å². The van der Waals surface area contributed by atoms with E-state index in [1.54, 1.807) is 0 Å². The number of anilines is 1. The van der Waals surface area contributed by atoms with E-state index in [-0.39, 0.29) is 10.2 Å². The van der Waals surface area contributed by atoms with Gasteiger partial charge in [-0.25, -0.2) is 9.18 Å². The second-order valence-corrected chi connectivity index (χ2v) is 4.35. The van der Waals surface area contributed by atoms with E-state index in [0.717, 1.165) is 6.07 Å². The van der Waals surface area contributed by atoms with Crippen molar-refractivity contribution in [2.45, 2.75) is 6.42 Å². The van der Waals surface area contributed by atoms with Crippen LogP contribution in [0.1, 0.15) is 6.42 Å². The van der Waals surface area contributed by atoms with Gasteiger partial charge in [0.1, 0.15) is 12.2 Å². The molecule has 0 aromatic heterocycles. The summed E-state index contributed by atoms with van der Waals surface area (Å²) < 4.78 is 13.4. The highest BCUT2D eigenvalue weighted by molar-refractivity contribution is 9.10. The smallest absolute Gasteiger partial charge is 0.360 e. The molecular formula is C11H8BrFN2O5. The van der Waals surface area contributed by atoms with Crippen LogP contribution < -0.4 is 5.43 Å². The largest absolute Gasteiger partial charge is 0.481 e. The number of benzene rings is 1. The molecule has 0 unspecified atom stereocenters. The zero-order chi connectivity index (χ0) is 15.3. The number of rotatable bonds is 6. The van der Waals surface area contributed by atoms with Gasteiger partial charge >= 0.3 is 11.9 Å². The Morgan fingerprint density at radius 3 is 2.45 bits per heavy atom. The fourth-order valence-corrected chi connectivity index (χ4v) is 1.38. The first-order chi connectivity index (χ1) is 9.31. The van der Waals surface area contributed by atoms with Crippen LogP contribution in [0.3, 0.4) is 0 Å². The van der Waals surface area contributed by atoms with Gasteiger partial charge in [-0.15, -0.1) is 0 Å². The molecule has 0 amide bonds. The average Bonchev–Trinajstić information content (AvgIpc) is 2.32. The van der Waals surface area contributed by atoms with Crippen LogP contribution in [0.4, 0.5) is 10.1 Å². The lowest BCUT2D eigenvalue weighted by Gasteiger charge is -2.03. The Morgan fingerprint density at radius 2 is 1.95 bits per heavy atom. The third-order valence-corrected chi connectivity index (χ3v) is 2.64. The molecule has 3 N–H and O–H groups in total. The second-order valence-electron chi connectivity index (χ2n) is 3.50. The zero-order valence-electron chi connectivity index (χ0n) is 9.76. The monoisotopic (exact) mass is 346 g/mol. The molecule has 106 valence electrons. The van der Waals surface area contributed by atoms with Gasteiger partial charge in [-0.2, -0.15) is 5.10 Å². The van der Waals surface area contributed by atoms with E-state index in [2.05, 4.69) is 26.5 Å². The Kier molecular flexibility index (Phi) is 5.32. The number of Topliss-reactive ketones (excluding diaryl/α,β-unsaturated/α-hetero) is 1. The van der Waals surface area contributed by atoms with E-state index in [9.17, 15) is 18.8 Å². The number of halogens is 2. The molecule has 0 aliphatic heterocycles. The molecule has 0 aliphatic rings. The first-order valence-corrected chi connectivity index (χ1v) is 5.87. The SMILES string of the molecule is O=C(O)CC(=O)/C(=N\Nc1ccc(Br)c(F)c1)C(=O)O. The summed E-state index contributed by atoms with van der Waals surface area (Å²) in [5.74, 6) is -4.94. The summed E-state index contributed by atoms with van der Waals surface area (Å²) in [7, 11) is 0. The number of carboxylic acids is 2. The van der Waals surface area contributed by atoms with Crippen LogP contribution in [0, 0.1) is 5.82 Å². The fourth-order valence-electron chi connectivity index (χ4n) is 1.14. The summed E-state index contributed by atoms with van der Waals surface area (Å²) >= 11 is 2.93. The maximum atomic E-state index is 13.2. The van der Waals surface area contributed by atoms with E-state index in [1.807, 2.05) is 0 Å². The van der Waals surface area contributed by atoms with Gasteiger partial charge in [0.2, 0.25) is 11.5 Å². The third kappa shape index (κ3) is 4.43. The Hall–Kier alpha value is -2.29. The van der Waals surface area contributed by atoms with Gasteiger partial charge in [0.25, 0.3) is 0 Å². The van der Waals surface area contributed by atoms with Crippen molar-refractivity contribution in [3.63, 3.8) is 0 Å². The Balaban J connectivity index is 2.92. The Bertz CT molecular complexity index is 602. The number of nitrogens with zero attached hydrogens (tertiary/aromatic N) is 1. The lowest BCUT2D eigenvalue weighted by molar-refractivity contribution is -0.139. The van der Waals surface area contributed by atoms with Crippen molar-refractivity contribution in [1.29, 1.82) is 0 Å². The van der Waals surface area contributed by atoms with Crippen molar-refractivity contribution in [2.75, 3.05) is 5.43 Å². The highest BCUT2D eigenvalue weighted by Gasteiger charge is 2.22. The number of carbonyl (C=O) groups excluding carboxylic acids is 1. The lowest BCUT2D eigenvalue weighted by atomic mass is 10.2. The third-order valence-electron chi connectivity index (χ3n) is 1.99. The molecule has 0 aliphatic carbocycles. The molecule has 1 rings (SSSR count). The number of aliphatic carboxylic acids is 2. The van der Waals surface area contributed by atoms with Gasteiger partial charge < -0.3 is 10.2 Å². The van der Waals surface area contributed by atoms with E-state index in [1.165, 1.54) is 12.1 Å². The highest BCUT2D eigenvalue weighted by atomic mass is 79.9. The van der Waals surface area contributed by atoms with Crippen molar-refractivity contribution in [2.24, 2.45) is 5.10 Å².